The fourth-order valence-corrected chi connectivity index (χ4v) is 2.79. The third kappa shape index (κ3) is 5.62. The van der Waals surface area contributed by atoms with E-state index in [0.29, 0.717) is 6.61 Å². The molecule has 0 atom stereocenters. The van der Waals surface area contributed by atoms with Gasteiger partial charge in [-0.15, -0.1) is 0 Å². The van der Waals surface area contributed by atoms with E-state index in [0.717, 1.165) is 33.7 Å². The predicted octanol–water partition coefficient (Wildman–Crippen LogP) is 3.73. The third-order valence-electron chi connectivity index (χ3n) is 3.89. The van der Waals surface area contributed by atoms with Crippen LogP contribution in [0, 0.1) is 20.8 Å². The van der Waals surface area contributed by atoms with Crippen LogP contribution in [0.2, 0.25) is 0 Å². The minimum Gasteiger partial charge on any atom is -0.494 e. The molecule has 0 heterocycles. The van der Waals surface area contributed by atoms with Gasteiger partial charge in [0.15, 0.2) is 6.61 Å². The molecule has 0 fully saturated rings. The smallest absolute Gasteiger partial charge is 0.310 e. The van der Waals surface area contributed by atoms with Crippen molar-refractivity contribution in [3.63, 3.8) is 0 Å². The summed E-state index contributed by atoms with van der Waals surface area (Å²) in [5.74, 6) is -0.0328. The molecular formula is C21H25NO4. The summed E-state index contributed by atoms with van der Waals surface area (Å²) in [6.45, 7) is 8.09. The number of hydrogen-bond acceptors (Lipinski definition) is 4. The van der Waals surface area contributed by atoms with Gasteiger partial charge in [-0.25, -0.2) is 0 Å². The first-order chi connectivity index (χ1) is 12.4. The molecular weight excluding hydrogens is 330 g/mol. The largest absolute Gasteiger partial charge is 0.494 e. The van der Waals surface area contributed by atoms with Gasteiger partial charge in [-0.05, 0) is 56.5 Å². The molecule has 26 heavy (non-hydrogen) atoms. The summed E-state index contributed by atoms with van der Waals surface area (Å²) < 4.78 is 10.4. The summed E-state index contributed by atoms with van der Waals surface area (Å²) in [7, 11) is 0. The zero-order chi connectivity index (χ0) is 19.1. The number of carbonyl (C=O) groups is 2. The molecule has 0 spiro atoms. The van der Waals surface area contributed by atoms with Gasteiger partial charge in [-0.3, -0.25) is 9.59 Å². The van der Waals surface area contributed by atoms with E-state index < -0.39 is 5.97 Å². The lowest BCUT2D eigenvalue weighted by Gasteiger charge is -2.13. The maximum absolute atomic E-state index is 12.1. The van der Waals surface area contributed by atoms with Crippen molar-refractivity contribution >= 4 is 17.6 Å². The van der Waals surface area contributed by atoms with E-state index in [2.05, 4.69) is 5.32 Å². The number of nitrogens with one attached hydrogen (secondary N) is 1. The van der Waals surface area contributed by atoms with Crippen LogP contribution in [-0.4, -0.2) is 25.1 Å². The highest BCUT2D eigenvalue weighted by molar-refractivity contribution is 5.94. The molecule has 0 aromatic heterocycles. The number of carbonyl (C=O) groups excluding carboxylic acids is 2. The Hall–Kier alpha value is -2.82. The zero-order valence-corrected chi connectivity index (χ0v) is 15.7. The van der Waals surface area contributed by atoms with Crippen LogP contribution in [0.15, 0.2) is 36.4 Å². The monoisotopic (exact) mass is 355 g/mol. The van der Waals surface area contributed by atoms with E-state index in [4.69, 9.17) is 9.47 Å². The van der Waals surface area contributed by atoms with E-state index >= 15 is 0 Å². The van der Waals surface area contributed by atoms with Gasteiger partial charge in [0.2, 0.25) is 0 Å². The number of benzene rings is 2. The number of anilines is 1. The quantitative estimate of drug-likeness (QED) is 0.769. The molecule has 2 aromatic carbocycles. The average Bonchev–Trinajstić information content (AvgIpc) is 2.58. The van der Waals surface area contributed by atoms with Crippen molar-refractivity contribution in [1.29, 1.82) is 0 Å². The minimum atomic E-state index is -0.443. The summed E-state index contributed by atoms with van der Waals surface area (Å²) in [5, 5.41) is 2.81. The summed E-state index contributed by atoms with van der Waals surface area (Å²) >= 11 is 0. The molecule has 0 aliphatic carbocycles. The Labute approximate surface area is 154 Å². The fraction of sp³-hybridized carbons (Fsp3) is 0.333. The molecule has 0 radical (unpaired) electrons. The lowest BCUT2D eigenvalue weighted by molar-refractivity contribution is -0.146. The first-order valence-electron chi connectivity index (χ1n) is 8.64. The Morgan fingerprint density at radius 1 is 1.00 bits per heavy atom. The molecule has 138 valence electrons. The van der Waals surface area contributed by atoms with E-state index in [1.165, 1.54) is 0 Å². The minimum absolute atomic E-state index is 0.113. The molecule has 2 aromatic rings. The van der Waals surface area contributed by atoms with Crippen molar-refractivity contribution in [3.05, 3.63) is 58.7 Å². The maximum atomic E-state index is 12.1. The summed E-state index contributed by atoms with van der Waals surface area (Å²) in [6, 6.07) is 11.2. The van der Waals surface area contributed by atoms with Crippen molar-refractivity contribution in [2.45, 2.75) is 34.1 Å². The van der Waals surface area contributed by atoms with Crippen molar-refractivity contribution < 1.29 is 19.1 Å². The predicted molar refractivity (Wildman–Crippen MR) is 102 cm³/mol. The van der Waals surface area contributed by atoms with E-state index in [-0.39, 0.29) is 18.9 Å². The van der Waals surface area contributed by atoms with Crippen LogP contribution in [0.1, 0.15) is 29.2 Å². The van der Waals surface area contributed by atoms with Crippen LogP contribution in [0.5, 0.6) is 5.75 Å². The van der Waals surface area contributed by atoms with Gasteiger partial charge in [0.05, 0.1) is 13.0 Å². The molecule has 0 aliphatic heterocycles. The number of rotatable bonds is 7. The first kappa shape index (κ1) is 19.5. The average molecular weight is 355 g/mol. The van der Waals surface area contributed by atoms with Gasteiger partial charge in [-0.1, -0.05) is 29.8 Å². The molecule has 0 aliphatic rings. The Kier molecular flexibility index (Phi) is 6.78. The molecule has 0 bridgehead atoms. The molecule has 0 saturated carbocycles. The lowest BCUT2D eigenvalue weighted by Crippen LogP contribution is -2.22. The number of hydrogen-bond donors (Lipinski definition) is 1. The van der Waals surface area contributed by atoms with Crippen molar-refractivity contribution in [2.75, 3.05) is 18.5 Å². The Morgan fingerprint density at radius 3 is 2.19 bits per heavy atom. The van der Waals surface area contributed by atoms with Crippen LogP contribution in [0.4, 0.5) is 5.69 Å². The van der Waals surface area contributed by atoms with Crippen LogP contribution in [0.25, 0.3) is 0 Å². The van der Waals surface area contributed by atoms with Crippen molar-refractivity contribution in [3.8, 4) is 5.75 Å². The van der Waals surface area contributed by atoms with Crippen LogP contribution >= 0.6 is 0 Å². The summed E-state index contributed by atoms with van der Waals surface area (Å²) in [5.41, 5.74) is 4.68. The number of aryl methyl sites for hydroxylation is 3. The summed E-state index contributed by atoms with van der Waals surface area (Å²) in [4.78, 5) is 24.0. The van der Waals surface area contributed by atoms with E-state index in [1.807, 2.05) is 64.1 Å². The molecule has 5 heteroatoms. The Morgan fingerprint density at radius 2 is 1.62 bits per heavy atom. The zero-order valence-electron chi connectivity index (χ0n) is 15.7. The van der Waals surface area contributed by atoms with Gasteiger partial charge in [0.25, 0.3) is 5.91 Å². The van der Waals surface area contributed by atoms with Crippen LogP contribution in [0.3, 0.4) is 0 Å². The van der Waals surface area contributed by atoms with Crippen LogP contribution in [-0.2, 0) is 20.7 Å². The Balaban J connectivity index is 1.84. The Bertz CT molecular complexity index is 758. The molecule has 5 nitrogen and oxygen atoms in total. The van der Waals surface area contributed by atoms with Crippen molar-refractivity contribution in [1.82, 2.24) is 0 Å². The van der Waals surface area contributed by atoms with Gasteiger partial charge in [0.1, 0.15) is 5.75 Å². The highest BCUT2D eigenvalue weighted by Crippen LogP contribution is 2.21. The lowest BCUT2D eigenvalue weighted by atomic mass is 10.1. The van der Waals surface area contributed by atoms with Gasteiger partial charge >= 0.3 is 5.97 Å². The maximum Gasteiger partial charge on any atom is 0.310 e. The van der Waals surface area contributed by atoms with Gasteiger partial charge in [0, 0.05) is 5.69 Å². The van der Waals surface area contributed by atoms with E-state index in [9.17, 15) is 9.59 Å². The second-order valence-electron chi connectivity index (χ2n) is 6.24. The van der Waals surface area contributed by atoms with Gasteiger partial charge in [-0.2, -0.15) is 0 Å². The number of ether oxygens (including phenoxy) is 2. The van der Waals surface area contributed by atoms with Gasteiger partial charge < -0.3 is 14.8 Å². The first-order valence-corrected chi connectivity index (χ1v) is 8.64. The standard InChI is InChI=1S/C21H25NO4/c1-5-25-18-8-6-17(7-9-18)12-20(24)26-13-19(23)22-21-15(3)10-14(2)11-16(21)4/h6-11H,5,12-13H2,1-4H3,(H,22,23). The number of amides is 1. The second-order valence-corrected chi connectivity index (χ2v) is 6.24. The fourth-order valence-electron chi connectivity index (χ4n) is 2.79. The normalized spacial score (nSPS) is 10.3. The SMILES string of the molecule is CCOc1ccc(CC(=O)OCC(=O)Nc2c(C)cc(C)cc2C)cc1. The highest BCUT2D eigenvalue weighted by atomic mass is 16.5. The van der Waals surface area contributed by atoms with Crippen LogP contribution < -0.4 is 10.1 Å². The molecule has 0 saturated heterocycles. The number of esters is 1. The second kappa shape index (κ2) is 9.04. The van der Waals surface area contributed by atoms with Crippen molar-refractivity contribution in [2.24, 2.45) is 0 Å². The molecule has 1 amide bonds. The molecule has 1 N–H and O–H groups in total. The summed E-state index contributed by atoms with van der Waals surface area (Å²) in [6.07, 6.45) is 0.113. The molecule has 0 unspecified atom stereocenters. The molecule has 2 rings (SSSR count). The highest BCUT2D eigenvalue weighted by Gasteiger charge is 2.11. The third-order valence-corrected chi connectivity index (χ3v) is 3.89. The topological polar surface area (TPSA) is 64.6 Å². The van der Waals surface area contributed by atoms with E-state index in [1.54, 1.807) is 0 Å².